The van der Waals surface area contributed by atoms with Crippen molar-refractivity contribution in [3.05, 3.63) is 0 Å². The number of carbonyl (C=O) groups is 1. The van der Waals surface area contributed by atoms with Crippen molar-refractivity contribution in [3.63, 3.8) is 0 Å². The first-order valence-corrected chi connectivity index (χ1v) is 4.42. The van der Waals surface area contributed by atoms with Gasteiger partial charge in [-0.15, -0.1) is 17.0 Å². The molecule has 4 N–H and O–H groups in total. The molecule has 82 valence electrons. The second-order valence-electron chi connectivity index (χ2n) is 3.71. The Bertz CT molecular complexity index is 245. The fraction of sp³-hybridized carbons (Fsp3) is 0.750. The number of rotatable bonds is 2. The molecule has 0 spiro atoms. The number of hydrogen-bond acceptors (Lipinski definition) is 2. The van der Waals surface area contributed by atoms with Gasteiger partial charge in [0.1, 0.15) is 0 Å². The topological polar surface area (TPSA) is 82.2 Å². The number of amides is 2. The number of urea groups is 1. The summed E-state index contributed by atoms with van der Waals surface area (Å²) in [6.45, 7) is 4.53. The molecule has 1 rings (SSSR count). The van der Waals surface area contributed by atoms with Crippen molar-refractivity contribution in [2.75, 3.05) is 6.54 Å². The summed E-state index contributed by atoms with van der Waals surface area (Å²) in [6, 6.07) is -0.261. The SMILES string of the molecule is Br.CCCC1(C)CN(C(=N)N)C(=O)N1. The Morgan fingerprint density at radius 2 is 2.36 bits per heavy atom. The van der Waals surface area contributed by atoms with Crippen LogP contribution in [0.15, 0.2) is 0 Å². The second-order valence-corrected chi connectivity index (χ2v) is 3.71. The van der Waals surface area contributed by atoms with E-state index in [1.54, 1.807) is 0 Å². The fourth-order valence-electron chi connectivity index (χ4n) is 1.67. The first kappa shape index (κ1) is 13.2. The van der Waals surface area contributed by atoms with Gasteiger partial charge in [-0.25, -0.2) is 4.79 Å². The summed E-state index contributed by atoms with van der Waals surface area (Å²) in [5.74, 6) is -0.183. The number of halogens is 1. The monoisotopic (exact) mass is 264 g/mol. The van der Waals surface area contributed by atoms with Crippen LogP contribution in [-0.4, -0.2) is 29.0 Å². The molecule has 0 aromatic rings. The minimum absolute atomic E-state index is 0. The molecule has 1 fully saturated rings. The fourth-order valence-corrected chi connectivity index (χ4v) is 1.67. The summed E-state index contributed by atoms with van der Waals surface area (Å²) in [4.78, 5) is 12.6. The van der Waals surface area contributed by atoms with Crippen LogP contribution in [0.1, 0.15) is 26.7 Å². The molecule has 0 aromatic carbocycles. The summed E-state index contributed by atoms with van der Waals surface area (Å²) in [5, 5.41) is 10.0. The molecular weight excluding hydrogens is 248 g/mol. The van der Waals surface area contributed by atoms with Crippen LogP contribution in [0.3, 0.4) is 0 Å². The maximum absolute atomic E-state index is 11.3. The predicted octanol–water partition coefficient (Wildman–Crippen LogP) is 1.04. The number of nitrogens with one attached hydrogen (secondary N) is 2. The Kier molecular flexibility index (Phi) is 4.38. The number of guanidine groups is 1. The highest BCUT2D eigenvalue weighted by molar-refractivity contribution is 8.93. The van der Waals surface area contributed by atoms with Crippen molar-refractivity contribution < 1.29 is 4.79 Å². The van der Waals surface area contributed by atoms with Gasteiger partial charge in [0, 0.05) is 0 Å². The van der Waals surface area contributed by atoms with Crippen LogP contribution in [0.5, 0.6) is 0 Å². The molecule has 5 nitrogen and oxygen atoms in total. The van der Waals surface area contributed by atoms with E-state index in [1.165, 1.54) is 4.90 Å². The van der Waals surface area contributed by atoms with Crippen LogP contribution in [-0.2, 0) is 0 Å². The quantitative estimate of drug-likeness (QED) is 0.515. The average Bonchev–Trinajstić information content (AvgIpc) is 2.27. The third kappa shape index (κ3) is 2.60. The van der Waals surface area contributed by atoms with Gasteiger partial charge >= 0.3 is 6.03 Å². The van der Waals surface area contributed by atoms with Gasteiger partial charge in [0.05, 0.1) is 12.1 Å². The molecule has 0 bridgehead atoms. The number of carbonyl (C=O) groups excluding carboxylic acids is 1. The van der Waals surface area contributed by atoms with Crippen molar-refractivity contribution in [1.29, 1.82) is 5.41 Å². The van der Waals surface area contributed by atoms with Crippen molar-refractivity contribution in [3.8, 4) is 0 Å². The first-order chi connectivity index (χ1) is 5.98. The lowest BCUT2D eigenvalue weighted by Crippen LogP contribution is -2.40. The van der Waals surface area contributed by atoms with Crippen molar-refractivity contribution >= 4 is 29.0 Å². The predicted molar refractivity (Wildman–Crippen MR) is 60.8 cm³/mol. The van der Waals surface area contributed by atoms with Crippen molar-refractivity contribution in [1.82, 2.24) is 10.2 Å². The Morgan fingerprint density at radius 1 is 1.79 bits per heavy atom. The van der Waals surface area contributed by atoms with Gasteiger partial charge in [-0.05, 0) is 13.3 Å². The molecule has 1 atom stereocenters. The molecule has 0 saturated carbocycles. The summed E-state index contributed by atoms with van der Waals surface area (Å²) in [7, 11) is 0. The van der Waals surface area contributed by atoms with Gasteiger partial charge in [0.2, 0.25) is 0 Å². The Labute approximate surface area is 94.3 Å². The first-order valence-electron chi connectivity index (χ1n) is 4.42. The van der Waals surface area contributed by atoms with Crippen LogP contribution in [0.2, 0.25) is 0 Å². The third-order valence-corrected chi connectivity index (χ3v) is 2.25. The van der Waals surface area contributed by atoms with Gasteiger partial charge in [-0.1, -0.05) is 13.3 Å². The maximum Gasteiger partial charge on any atom is 0.324 e. The highest BCUT2D eigenvalue weighted by Crippen LogP contribution is 2.19. The summed E-state index contributed by atoms with van der Waals surface area (Å²) >= 11 is 0. The Balaban J connectivity index is 0.00000169. The van der Waals surface area contributed by atoms with Crippen LogP contribution in [0.25, 0.3) is 0 Å². The van der Waals surface area contributed by atoms with Gasteiger partial charge in [-0.3, -0.25) is 10.3 Å². The summed E-state index contributed by atoms with van der Waals surface area (Å²) < 4.78 is 0. The normalized spacial score (nSPS) is 25.6. The lowest BCUT2D eigenvalue weighted by atomic mass is 9.98. The van der Waals surface area contributed by atoms with Gasteiger partial charge in [0.15, 0.2) is 5.96 Å². The molecule has 1 saturated heterocycles. The molecule has 1 heterocycles. The zero-order valence-corrected chi connectivity index (χ0v) is 10.2. The van der Waals surface area contributed by atoms with E-state index in [-0.39, 0.29) is 34.5 Å². The summed E-state index contributed by atoms with van der Waals surface area (Å²) in [5.41, 5.74) is 5.03. The molecule has 0 radical (unpaired) electrons. The summed E-state index contributed by atoms with van der Waals surface area (Å²) in [6.07, 6.45) is 1.91. The second kappa shape index (κ2) is 4.63. The smallest absolute Gasteiger partial charge is 0.324 e. The van der Waals surface area contributed by atoms with E-state index < -0.39 is 0 Å². The van der Waals surface area contributed by atoms with E-state index in [1.807, 2.05) is 6.92 Å². The number of nitrogens with two attached hydrogens (primary N) is 1. The number of hydrogen-bond donors (Lipinski definition) is 3. The molecule has 0 aliphatic carbocycles. The van der Waals surface area contributed by atoms with Gasteiger partial charge in [-0.2, -0.15) is 0 Å². The van der Waals surface area contributed by atoms with Crippen molar-refractivity contribution in [2.45, 2.75) is 32.2 Å². The van der Waals surface area contributed by atoms with Crippen LogP contribution in [0.4, 0.5) is 4.79 Å². The minimum atomic E-state index is -0.261. The largest absolute Gasteiger partial charge is 0.370 e. The van der Waals surface area contributed by atoms with E-state index in [4.69, 9.17) is 11.1 Å². The standard InChI is InChI=1S/C8H16N4O.BrH/c1-3-4-8(2)5-12(6(9)10)7(13)11-8;/h3-5H2,1-2H3,(H3,9,10)(H,11,13);1H. The molecule has 1 aliphatic heterocycles. The zero-order valence-electron chi connectivity index (χ0n) is 8.46. The molecule has 2 amide bonds. The van der Waals surface area contributed by atoms with E-state index in [0.717, 1.165) is 12.8 Å². The highest BCUT2D eigenvalue weighted by atomic mass is 79.9. The number of nitrogens with zero attached hydrogens (tertiary/aromatic N) is 1. The molecular formula is C8H17BrN4O. The van der Waals surface area contributed by atoms with E-state index >= 15 is 0 Å². The molecule has 1 unspecified atom stereocenters. The molecule has 0 aromatic heterocycles. The Hall–Kier alpha value is -0.780. The molecule has 14 heavy (non-hydrogen) atoms. The van der Waals surface area contributed by atoms with Gasteiger partial charge in [0.25, 0.3) is 0 Å². The minimum Gasteiger partial charge on any atom is -0.370 e. The van der Waals surface area contributed by atoms with Crippen LogP contribution in [0, 0.1) is 5.41 Å². The Morgan fingerprint density at radius 3 is 2.71 bits per heavy atom. The van der Waals surface area contributed by atoms with Crippen LogP contribution >= 0.6 is 17.0 Å². The maximum atomic E-state index is 11.3. The zero-order chi connectivity index (χ0) is 10.1. The lowest BCUT2D eigenvalue weighted by Gasteiger charge is -2.22. The van der Waals surface area contributed by atoms with E-state index in [0.29, 0.717) is 6.54 Å². The molecule has 6 heteroatoms. The van der Waals surface area contributed by atoms with Crippen LogP contribution < -0.4 is 11.1 Å². The van der Waals surface area contributed by atoms with E-state index in [2.05, 4.69) is 12.2 Å². The van der Waals surface area contributed by atoms with Gasteiger partial charge < -0.3 is 11.1 Å². The van der Waals surface area contributed by atoms with E-state index in [9.17, 15) is 4.79 Å². The highest BCUT2D eigenvalue weighted by Gasteiger charge is 2.38. The lowest BCUT2D eigenvalue weighted by molar-refractivity contribution is 0.233. The molecule has 1 aliphatic rings. The average molecular weight is 265 g/mol. The third-order valence-electron chi connectivity index (χ3n) is 2.25. The van der Waals surface area contributed by atoms with Crippen molar-refractivity contribution in [2.24, 2.45) is 5.73 Å².